The monoisotopic (exact) mass is 341 g/mol. The molecular weight excluding hydrogens is 322 g/mol. The SMILES string of the molecule is CC(=O)N1CCC(Nc2c(C#N)cnn3cc(C(=O)O)c(C)c23)CC1. The Bertz CT molecular complexity index is 888. The highest BCUT2D eigenvalue weighted by atomic mass is 16.4. The number of carbonyl (C=O) groups excluding carboxylic acids is 1. The highest BCUT2D eigenvalue weighted by Crippen LogP contribution is 2.29. The van der Waals surface area contributed by atoms with Gasteiger partial charge in [-0.15, -0.1) is 0 Å². The number of aromatic carboxylic acids is 1. The summed E-state index contributed by atoms with van der Waals surface area (Å²) in [6, 6.07) is 2.23. The zero-order valence-electron chi connectivity index (χ0n) is 14.1. The van der Waals surface area contributed by atoms with Crippen LogP contribution in [0, 0.1) is 18.3 Å². The average molecular weight is 341 g/mol. The number of nitrogens with one attached hydrogen (secondary N) is 1. The lowest BCUT2D eigenvalue weighted by Gasteiger charge is -2.32. The number of fused-ring (bicyclic) bond motifs is 1. The third kappa shape index (κ3) is 3.01. The Morgan fingerprint density at radius 2 is 2.08 bits per heavy atom. The molecule has 0 aromatic carbocycles. The van der Waals surface area contributed by atoms with Gasteiger partial charge in [0.25, 0.3) is 0 Å². The minimum atomic E-state index is -1.03. The van der Waals surface area contributed by atoms with Crippen molar-refractivity contribution in [1.29, 1.82) is 5.26 Å². The van der Waals surface area contributed by atoms with E-state index in [4.69, 9.17) is 0 Å². The molecule has 0 unspecified atom stereocenters. The van der Waals surface area contributed by atoms with E-state index in [0.29, 0.717) is 35.4 Å². The van der Waals surface area contributed by atoms with E-state index in [2.05, 4.69) is 16.5 Å². The van der Waals surface area contributed by atoms with E-state index in [1.807, 2.05) is 0 Å². The minimum absolute atomic E-state index is 0.0657. The van der Waals surface area contributed by atoms with Crippen molar-refractivity contribution in [3.8, 4) is 6.07 Å². The van der Waals surface area contributed by atoms with Gasteiger partial charge in [-0.25, -0.2) is 9.31 Å². The number of carboxylic acid groups (broad SMARTS) is 1. The number of nitriles is 1. The van der Waals surface area contributed by atoms with Gasteiger partial charge in [0.05, 0.1) is 28.5 Å². The molecule has 0 aliphatic carbocycles. The third-order valence-electron chi connectivity index (χ3n) is 4.70. The van der Waals surface area contributed by atoms with Gasteiger partial charge in [0.1, 0.15) is 6.07 Å². The molecule has 8 nitrogen and oxygen atoms in total. The fraction of sp³-hybridized carbons (Fsp3) is 0.412. The molecule has 0 atom stereocenters. The van der Waals surface area contributed by atoms with Crippen molar-refractivity contribution in [3.63, 3.8) is 0 Å². The first-order valence-electron chi connectivity index (χ1n) is 8.08. The maximum Gasteiger partial charge on any atom is 0.337 e. The van der Waals surface area contributed by atoms with Gasteiger partial charge in [-0.1, -0.05) is 0 Å². The summed E-state index contributed by atoms with van der Waals surface area (Å²) in [4.78, 5) is 24.6. The van der Waals surface area contributed by atoms with Gasteiger partial charge in [-0.2, -0.15) is 10.4 Å². The molecule has 3 heterocycles. The third-order valence-corrected chi connectivity index (χ3v) is 4.70. The Kier molecular flexibility index (Phi) is 4.31. The van der Waals surface area contributed by atoms with Gasteiger partial charge >= 0.3 is 5.97 Å². The number of carbonyl (C=O) groups is 2. The Balaban J connectivity index is 1.96. The molecule has 2 aromatic heterocycles. The van der Waals surface area contributed by atoms with E-state index in [1.165, 1.54) is 16.9 Å². The molecule has 25 heavy (non-hydrogen) atoms. The summed E-state index contributed by atoms with van der Waals surface area (Å²) in [5, 5.41) is 26.3. The van der Waals surface area contributed by atoms with Crippen LogP contribution < -0.4 is 5.32 Å². The maximum absolute atomic E-state index is 11.4. The lowest BCUT2D eigenvalue weighted by atomic mass is 10.0. The Hall–Kier alpha value is -3.08. The predicted octanol–water partition coefficient (Wildman–Crippen LogP) is 1.64. The van der Waals surface area contributed by atoms with Crippen LogP contribution in [0.3, 0.4) is 0 Å². The first-order valence-corrected chi connectivity index (χ1v) is 8.08. The van der Waals surface area contributed by atoms with Gasteiger partial charge in [0, 0.05) is 32.3 Å². The van der Waals surface area contributed by atoms with Crippen molar-refractivity contribution in [2.45, 2.75) is 32.7 Å². The number of aromatic nitrogens is 2. The van der Waals surface area contributed by atoms with Crippen LogP contribution in [0.4, 0.5) is 5.69 Å². The molecule has 1 amide bonds. The normalized spacial score (nSPS) is 15.2. The van der Waals surface area contributed by atoms with Gasteiger partial charge in [0.2, 0.25) is 5.91 Å². The molecule has 0 spiro atoms. The summed E-state index contributed by atoms with van der Waals surface area (Å²) in [5.74, 6) is -0.960. The first-order chi connectivity index (χ1) is 11.9. The Morgan fingerprint density at radius 1 is 1.40 bits per heavy atom. The van der Waals surface area contributed by atoms with Crippen molar-refractivity contribution in [3.05, 3.63) is 29.1 Å². The standard InChI is InChI=1S/C17H19N5O3/c1-10-14(17(24)25)9-22-16(10)15(12(7-18)8-19-22)20-13-3-5-21(6-4-13)11(2)23/h8-9,13,20H,3-6H2,1-2H3,(H,24,25). The second-order valence-electron chi connectivity index (χ2n) is 6.24. The number of anilines is 1. The van der Waals surface area contributed by atoms with Gasteiger partial charge in [-0.3, -0.25) is 4.79 Å². The summed E-state index contributed by atoms with van der Waals surface area (Å²) in [6.07, 6.45) is 4.43. The minimum Gasteiger partial charge on any atom is -0.478 e. The molecule has 0 radical (unpaired) electrons. The summed E-state index contributed by atoms with van der Waals surface area (Å²) in [7, 11) is 0. The summed E-state index contributed by atoms with van der Waals surface area (Å²) in [6.45, 7) is 4.60. The Labute approximate surface area is 144 Å². The van der Waals surface area contributed by atoms with Crippen LogP contribution in [0.25, 0.3) is 5.52 Å². The second-order valence-corrected chi connectivity index (χ2v) is 6.24. The van der Waals surface area contributed by atoms with Crippen molar-refractivity contribution in [1.82, 2.24) is 14.5 Å². The predicted molar refractivity (Wildman–Crippen MR) is 90.5 cm³/mol. The van der Waals surface area contributed by atoms with Crippen LogP contribution in [0.15, 0.2) is 12.4 Å². The maximum atomic E-state index is 11.4. The highest BCUT2D eigenvalue weighted by molar-refractivity contribution is 5.95. The molecule has 1 aliphatic heterocycles. The number of hydrogen-bond donors (Lipinski definition) is 2. The molecule has 1 saturated heterocycles. The molecule has 3 rings (SSSR count). The number of amides is 1. The lowest BCUT2D eigenvalue weighted by molar-refractivity contribution is -0.129. The molecular formula is C17H19N5O3. The number of hydrogen-bond acceptors (Lipinski definition) is 5. The van der Waals surface area contributed by atoms with E-state index in [1.54, 1.807) is 18.7 Å². The van der Waals surface area contributed by atoms with E-state index in [-0.39, 0.29) is 17.5 Å². The van der Waals surface area contributed by atoms with Crippen LogP contribution in [0.1, 0.15) is 41.3 Å². The zero-order chi connectivity index (χ0) is 18.1. The van der Waals surface area contributed by atoms with Crippen LogP contribution in [-0.4, -0.2) is 50.6 Å². The van der Waals surface area contributed by atoms with Gasteiger partial charge < -0.3 is 15.3 Å². The topological polar surface area (TPSA) is 111 Å². The van der Waals surface area contributed by atoms with Crippen molar-refractivity contribution in [2.24, 2.45) is 0 Å². The lowest BCUT2D eigenvalue weighted by Crippen LogP contribution is -2.41. The molecule has 1 fully saturated rings. The van der Waals surface area contributed by atoms with Crippen LogP contribution in [-0.2, 0) is 4.79 Å². The van der Waals surface area contributed by atoms with Crippen molar-refractivity contribution >= 4 is 23.1 Å². The van der Waals surface area contributed by atoms with E-state index >= 15 is 0 Å². The summed E-state index contributed by atoms with van der Waals surface area (Å²) >= 11 is 0. The molecule has 2 aromatic rings. The van der Waals surface area contributed by atoms with Gasteiger partial charge in [0.15, 0.2) is 0 Å². The summed E-state index contributed by atoms with van der Waals surface area (Å²) < 4.78 is 1.49. The number of rotatable bonds is 3. The van der Waals surface area contributed by atoms with E-state index < -0.39 is 5.97 Å². The first kappa shape index (κ1) is 16.8. The van der Waals surface area contributed by atoms with E-state index in [9.17, 15) is 20.0 Å². The average Bonchev–Trinajstić information content (AvgIpc) is 2.93. The van der Waals surface area contributed by atoms with Crippen molar-refractivity contribution < 1.29 is 14.7 Å². The fourth-order valence-corrected chi connectivity index (χ4v) is 3.28. The number of likely N-dealkylation sites (tertiary alicyclic amines) is 1. The molecule has 1 aliphatic rings. The second kappa shape index (κ2) is 6.43. The molecule has 2 N–H and O–H groups in total. The number of aryl methyl sites for hydroxylation is 1. The van der Waals surface area contributed by atoms with Gasteiger partial charge in [-0.05, 0) is 25.3 Å². The molecule has 0 bridgehead atoms. The van der Waals surface area contributed by atoms with Crippen LogP contribution >= 0.6 is 0 Å². The Morgan fingerprint density at radius 3 is 2.64 bits per heavy atom. The smallest absolute Gasteiger partial charge is 0.337 e. The molecule has 8 heteroatoms. The van der Waals surface area contributed by atoms with E-state index in [0.717, 1.165) is 12.8 Å². The number of carboxylic acids is 1. The number of nitrogens with zero attached hydrogens (tertiary/aromatic N) is 4. The molecule has 0 saturated carbocycles. The molecule has 130 valence electrons. The quantitative estimate of drug-likeness (QED) is 0.878. The summed E-state index contributed by atoms with van der Waals surface area (Å²) in [5.41, 5.74) is 2.31. The highest BCUT2D eigenvalue weighted by Gasteiger charge is 2.24. The van der Waals surface area contributed by atoms with Crippen LogP contribution in [0.2, 0.25) is 0 Å². The fourth-order valence-electron chi connectivity index (χ4n) is 3.28. The van der Waals surface area contributed by atoms with Crippen LogP contribution in [0.5, 0.6) is 0 Å². The van der Waals surface area contributed by atoms with Crippen molar-refractivity contribution in [2.75, 3.05) is 18.4 Å². The largest absolute Gasteiger partial charge is 0.478 e. The number of piperidine rings is 1. The zero-order valence-corrected chi connectivity index (χ0v) is 14.1.